The van der Waals surface area contributed by atoms with E-state index in [4.69, 9.17) is 4.74 Å². The van der Waals surface area contributed by atoms with Crippen molar-refractivity contribution < 1.29 is 21.9 Å². The van der Waals surface area contributed by atoms with Crippen LogP contribution in [0.2, 0.25) is 0 Å². The molecule has 0 spiro atoms. The SMILES string of the molecule is Cc1ccc(OC2CCN(S(=O)(=O)c3ccc(F)cc3F)C2)nc1. The summed E-state index contributed by atoms with van der Waals surface area (Å²) in [6, 6.07) is 5.99. The van der Waals surface area contributed by atoms with Crippen molar-refractivity contribution in [2.45, 2.75) is 24.3 Å². The summed E-state index contributed by atoms with van der Waals surface area (Å²) in [4.78, 5) is 3.59. The number of benzene rings is 1. The number of aromatic nitrogens is 1. The van der Waals surface area contributed by atoms with E-state index in [9.17, 15) is 17.2 Å². The van der Waals surface area contributed by atoms with Crippen molar-refractivity contribution >= 4 is 10.0 Å². The molecule has 1 aromatic carbocycles. The van der Waals surface area contributed by atoms with Crippen molar-refractivity contribution in [2.24, 2.45) is 0 Å². The van der Waals surface area contributed by atoms with Crippen LogP contribution in [0.3, 0.4) is 0 Å². The van der Waals surface area contributed by atoms with Gasteiger partial charge in [0, 0.05) is 24.9 Å². The fourth-order valence-electron chi connectivity index (χ4n) is 2.53. The van der Waals surface area contributed by atoms with E-state index in [1.54, 1.807) is 12.3 Å². The summed E-state index contributed by atoms with van der Waals surface area (Å²) in [5.74, 6) is -1.50. The van der Waals surface area contributed by atoms with Crippen molar-refractivity contribution in [1.82, 2.24) is 9.29 Å². The predicted molar refractivity (Wildman–Crippen MR) is 83.1 cm³/mol. The average Bonchev–Trinajstić information content (AvgIpc) is 2.98. The lowest BCUT2D eigenvalue weighted by molar-refractivity contribution is 0.207. The number of rotatable bonds is 4. The molecule has 0 radical (unpaired) electrons. The van der Waals surface area contributed by atoms with Crippen molar-refractivity contribution in [3.05, 3.63) is 53.7 Å². The number of hydrogen-bond donors (Lipinski definition) is 0. The molecule has 8 heteroatoms. The van der Waals surface area contributed by atoms with Crippen LogP contribution in [0.1, 0.15) is 12.0 Å². The van der Waals surface area contributed by atoms with Crippen molar-refractivity contribution in [1.29, 1.82) is 0 Å². The van der Waals surface area contributed by atoms with Gasteiger partial charge in [-0.2, -0.15) is 4.31 Å². The van der Waals surface area contributed by atoms with Crippen LogP contribution in [0.25, 0.3) is 0 Å². The second-order valence-electron chi connectivity index (χ2n) is 5.64. The average molecular weight is 354 g/mol. The summed E-state index contributed by atoms with van der Waals surface area (Å²) in [5, 5.41) is 0. The quantitative estimate of drug-likeness (QED) is 0.847. The van der Waals surface area contributed by atoms with E-state index in [0.29, 0.717) is 18.4 Å². The standard InChI is InChI=1S/C16H16F2N2O3S/c1-11-2-5-16(19-9-11)23-13-6-7-20(10-13)24(21,22)15-4-3-12(17)8-14(15)18/h2-5,8-9,13H,6-7,10H2,1H3. The fourth-order valence-corrected chi connectivity index (χ4v) is 4.06. The molecule has 2 aromatic rings. The number of hydrogen-bond acceptors (Lipinski definition) is 4. The molecule has 1 saturated heterocycles. The number of aryl methyl sites for hydroxylation is 1. The van der Waals surface area contributed by atoms with Gasteiger partial charge in [0.05, 0.1) is 6.54 Å². The molecule has 1 aliphatic rings. The van der Waals surface area contributed by atoms with Crippen LogP contribution in [-0.4, -0.2) is 36.9 Å². The number of nitrogens with zero attached hydrogens (tertiary/aromatic N) is 2. The van der Waals surface area contributed by atoms with Crippen LogP contribution in [0.15, 0.2) is 41.4 Å². The molecular weight excluding hydrogens is 338 g/mol. The highest BCUT2D eigenvalue weighted by molar-refractivity contribution is 7.89. The lowest BCUT2D eigenvalue weighted by Gasteiger charge is -2.17. The molecule has 1 aromatic heterocycles. The molecule has 0 aliphatic carbocycles. The number of pyridine rings is 1. The Morgan fingerprint density at radius 3 is 2.71 bits per heavy atom. The molecule has 2 heterocycles. The van der Waals surface area contributed by atoms with Gasteiger partial charge in [-0.1, -0.05) is 6.07 Å². The highest BCUT2D eigenvalue weighted by atomic mass is 32.2. The van der Waals surface area contributed by atoms with E-state index in [1.165, 1.54) is 0 Å². The first-order valence-corrected chi connectivity index (χ1v) is 8.85. The van der Waals surface area contributed by atoms with Gasteiger partial charge in [-0.3, -0.25) is 0 Å². The smallest absolute Gasteiger partial charge is 0.246 e. The van der Waals surface area contributed by atoms with E-state index in [0.717, 1.165) is 22.0 Å². The van der Waals surface area contributed by atoms with Gasteiger partial charge < -0.3 is 4.74 Å². The number of sulfonamides is 1. The third-order valence-corrected chi connectivity index (χ3v) is 5.69. The lowest BCUT2D eigenvalue weighted by atomic mass is 10.3. The predicted octanol–water partition coefficient (Wildman–Crippen LogP) is 2.51. The van der Waals surface area contributed by atoms with Crippen LogP contribution in [0, 0.1) is 18.6 Å². The van der Waals surface area contributed by atoms with E-state index in [2.05, 4.69) is 4.98 Å². The van der Waals surface area contributed by atoms with E-state index in [-0.39, 0.29) is 19.2 Å². The minimum absolute atomic E-state index is 0.0920. The molecular formula is C16H16F2N2O3S. The Hall–Kier alpha value is -2.06. The maximum atomic E-state index is 13.8. The Morgan fingerprint density at radius 2 is 2.04 bits per heavy atom. The molecule has 128 valence electrons. The van der Waals surface area contributed by atoms with Crippen LogP contribution < -0.4 is 4.74 Å². The Morgan fingerprint density at radius 1 is 1.25 bits per heavy atom. The second-order valence-corrected chi connectivity index (χ2v) is 7.55. The van der Waals surface area contributed by atoms with Gasteiger partial charge in [0.2, 0.25) is 15.9 Å². The molecule has 24 heavy (non-hydrogen) atoms. The monoisotopic (exact) mass is 354 g/mol. The summed E-state index contributed by atoms with van der Waals surface area (Å²) >= 11 is 0. The van der Waals surface area contributed by atoms with Crippen molar-refractivity contribution in [3.63, 3.8) is 0 Å². The molecule has 0 bridgehead atoms. The zero-order valence-electron chi connectivity index (χ0n) is 12.9. The summed E-state index contributed by atoms with van der Waals surface area (Å²) < 4.78 is 58.6. The third-order valence-electron chi connectivity index (χ3n) is 3.79. The van der Waals surface area contributed by atoms with Crippen molar-refractivity contribution in [3.8, 4) is 5.88 Å². The highest BCUT2D eigenvalue weighted by Crippen LogP contribution is 2.25. The normalized spacial score (nSPS) is 18.7. The molecule has 0 amide bonds. The van der Waals surface area contributed by atoms with Gasteiger partial charge in [0.1, 0.15) is 22.6 Å². The molecule has 5 nitrogen and oxygen atoms in total. The lowest BCUT2D eigenvalue weighted by Crippen LogP contribution is -2.31. The van der Waals surface area contributed by atoms with Gasteiger partial charge in [0.25, 0.3) is 0 Å². The van der Waals surface area contributed by atoms with Crippen LogP contribution in [0.5, 0.6) is 5.88 Å². The van der Waals surface area contributed by atoms with E-state index >= 15 is 0 Å². The number of ether oxygens (including phenoxy) is 1. The largest absolute Gasteiger partial charge is 0.473 e. The van der Waals surface area contributed by atoms with Gasteiger partial charge in [-0.15, -0.1) is 0 Å². The van der Waals surface area contributed by atoms with Crippen LogP contribution in [0.4, 0.5) is 8.78 Å². The maximum Gasteiger partial charge on any atom is 0.246 e. The van der Waals surface area contributed by atoms with Gasteiger partial charge >= 0.3 is 0 Å². The molecule has 0 saturated carbocycles. The molecule has 0 N–H and O–H groups in total. The zero-order chi connectivity index (χ0) is 17.3. The second kappa shape index (κ2) is 6.45. The molecule has 1 aliphatic heterocycles. The Balaban J connectivity index is 1.73. The topological polar surface area (TPSA) is 59.5 Å². The van der Waals surface area contributed by atoms with E-state index in [1.807, 2.05) is 13.0 Å². The highest BCUT2D eigenvalue weighted by Gasteiger charge is 2.35. The maximum absolute atomic E-state index is 13.8. The fraction of sp³-hybridized carbons (Fsp3) is 0.312. The summed E-state index contributed by atoms with van der Waals surface area (Å²) in [5.41, 5.74) is 0.991. The third kappa shape index (κ3) is 3.39. The van der Waals surface area contributed by atoms with Gasteiger partial charge in [-0.25, -0.2) is 22.2 Å². The first kappa shape index (κ1) is 16.8. The first-order chi connectivity index (χ1) is 11.4. The minimum atomic E-state index is -4.03. The Bertz CT molecular complexity index is 841. The van der Waals surface area contributed by atoms with Gasteiger partial charge in [-0.05, 0) is 31.0 Å². The van der Waals surface area contributed by atoms with Crippen molar-refractivity contribution in [2.75, 3.05) is 13.1 Å². The summed E-state index contributed by atoms with van der Waals surface area (Å²) in [6.45, 7) is 2.20. The summed E-state index contributed by atoms with van der Waals surface area (Å²) in [7, 11) is -4.03. The molecule has 1 unspecified atom stereocenters. The molecule has 3 rings (SSSR count). The van der Waals surface area contributed by atoms with E-state index < -0.39 is 26.6 Å². The number of halogens is 2. The minimum Gasteiger partial charge on any atom is -0.473 e. The summed E-state index contributed by atoms with van der Waals surface area (Å²) in [6.07, 6.45) is 1.77. The van der Waals surface area contributed by atoms with Crippen LogP contribution in [-0.2, 0) is 10.0 Å². The molecule has 1 atom stereocenters. The molecule has 1 fully saturated rings. The Labute approximate surface area is 138 Å². The van der Waals surface area contributed by atoms with Crippen LogP contribution >= 0.6 is 0 Å². The Kier molecular flexibility index (Phi) is 4.51. The first-order valence-electron chi connectivity index (χ1n) is 7.41. The zero-order valence-corrected chi connectivity index (χ0v) is 13.8. The van der Waals surface area contributed by atoms with Gasteiger partial charge in [0.15, 0.2) is 0 Å².